The number of carbonyl (C=O) groups is 2. The molecule has 4 aliphatic rings. The first-order chi connectivity index (χ1) is 23.7. The van der Waals surface area contributed by atoms with Crippen LogP contribution in [0.4, 0.5) is 4.79 Å². The lowest BCUT2D eigenvalue weighted by Crippen LogP contribution is -2.69. The van der Waals surface area contributed by atoms with E-state index in [0.29, 0.717) is 52.5 Å². The highest BCUT2D eigenvalue weighted by molar-refractivity contribution is 5.85. The second-order valence-electron chi connectivity index (χ2n) is 14.4. The topological polar surface area (TPSA) is 164 Å². The van der Waals surface area contributed by atoms with Crippen molar-refractivity contribution < 1.29 is 43.1 Å². The van der Waals surface area contributed by atoms with Gasteiger partial charge in [0.05, 0.1) is 25.3 Å². The molecule has 0 aliphatic carbocycles. The lowest BCUT2D eigenvalue weighted by atomic mass is 9.71. The molecule has 14 nitrogen and oxygen atoms in total. The quantitative estimate of drug-likeness (QED) is 0.345. The van der Waals surface area contributed by atoms with Crippen LogP contribution in [0.2, 0.25) is 0 Å². The van der Waals surface area contributed by atoms with Crippen molar-refractivity contribution in [3.05, 3.63) is 39.4 Å². The molecule has 2 amide bonds. The van der Waals surface area contributed by atoms with Crippen LogP contribution in [0.1, 0.15) is 73.2 Å². The molecule has 4 unspecified atom stereocenters. The fraction of sp³-hybridized carbons (Fsp3) is 0.583. The molecule has 50 heavy (non-hydrogen) atoms. The molecule has 4 heterocycles. The number of aromatic hydroxyl groups is 1. The Morgan fingerprint density at radius 3 is 2.50 bits per heavy atom. The monoisotopic (exact) mass is 693 g/mol. The number of aryl methyl sites for hydroxylation is 1. The van der Waals surface area contributed by atoms with Crippen molar-refractivity contribution in [1.82, 2.24) is 20.4 Å². The zero-order chi connectivity index (χ0) is 36.2. The first-order valence-electron chi connectivity index (χ1n) is 16.8. The van der Waals surface area contributed by atoms with Gasteiger partial charge < -0.3 is 44.2 Å². The van der Waals surface area contributed by atoms with Gasteiger partial charge in [-0.25, -0.2) is 4.79 Å². The van der Waals surface area contributed by atoms with Gasteiger partial charge in [0.15, 0.2) is 29.8 Å². The summed E-state index contributed by atoms with van der Waals surface area (Å²) in [6.45, 7) is 10.6. The molecular formula is C36H47N5O9. The third kappa shape index (κ3) is 5.91. The van der Waals surface area contributed by atoms with Crippen molar-refractivity contribution in [1.29, 1.82) is 5.26 Å². The number of likely N-dealkylation sites (N-methyl/N-ethyl adjacent to an activating group) is 1. The third-order valence-electron chi connectivity index (χ3n) is 10.2. The van der Waals surface area contributed by atoms with Crippen molar-refractivity contribution in [3.63, 3.8) is 0 Å². The lowest BCUT2D eigenvalue weighted by Gasteiger charge is -2.60. The first-order valence-corrected chi connectivity index (χ1v) is 16.8. The predicted molar refractivity (Wildman–Crippen MR) is 181 cm³/mol. The number of phenolic OH excluding ortho intramolecular Hbond substituents is 1. The number of rotatable bonds is 8. The number of methoxy groups -OCH3 is 2. The summed E-state index contributed by atoms with van der Waals surface area (Å²) in [5.41, 5.74) is 4.08. The van der Waals surface area contributed by atoms with Crippen molar-refractivity contribution in [2.45, 2.75) is 96.2 Å². The molecule has 2 bridgehead atoms. The van der Waals surface area contributed by atoms with E-state index in [9.17, 15) is 20.0 Å². The maximum atomic E-state index is 13.5. The lowest BCUT2D eigenvalue weighted by molar-refractivity contribution is -0.123. The summed E-state index contributed by atoms with van der Waals surface area (Å²) in [4.78, 5) is 30.4. The van der Waals surface area contributed by atoms with Crippen molar-refractivity contribution in [2.24, 2.45) is 0 Å². The van der Waals surface area contributed by atoms with E-state index in [1.165, 1.54) is 0 Å². The summed E-state index contributed by atoms with van der Waals surface area (Å²) in [5.74, 6) is 1.78. The van der Waals surface area contributed by atoms with Crippen LogP contribution in [0.5, 0.6) is 28.7 Å². The van der Waals surface area contributed by atoms with Crippen molar-refractivity contribution >= 4 is 12.0 Å². The largest absolute Gasteiger partial charge is 0.507 e. The number of carbonyl (C=O) groups excluding carboxylic acids is 2. The molecule has 4 aliphatic heterocycles. The third-order valence-corrected chi connectivity index (χ3v) is 10.2. The van der Waals surface area contributed by atoms with Gasteiger partial charge in [-0.05, 0) is 72.6 Å². The van der Waals surface area contributed by atoms with Crippen LogP contribution in [-0.4, -0.2) is 98.1 Å². The number of nitrogens with zero attached hydrogens (tertiary/aromatic N) is 3. The molecule has 0 radical (unpaired) electrons. The highest BCUT2D eigenvalue weighted by Crippen LogP contribution is 2.58. The van der Waals surface area contributed by atoms with E-state index < -0.39 is 35.7 Å². The minimum absolute atomic E-state index is 0.0117. The van der Waals surface area contributed by atoms with E-state index in [1.807, 2.05) is 14.0 Å². The van der Waals surface area contributed by atoms with Crippen molar-refractivity contribution in [3.8, 4) is 34.8 Å². The van der Waals surface area contributed by atoms with Crippen LogP contribution < -0.4 is 29.6 Å². The molecular weight excluding hydrogens is 646 g/mol. The minimum Gasteiger partial charge on any atom is -0.507 e. The van der Waals surface area contributed by atoms with Crippen LogP contribution in [0.25, 0.3) is 0 Å². The number of fused-ring (bicyclic) bond motifs is 9. The number of nitrogens with one attached hydrogen (secondary N) is 2. The molecule has 6 rings (SSSR count). The van der Waals surface area contributed by atoms with Gasteiger partial charge in [0.1, 0.15) is 23.4 Å². The predicted octanol–water partition coefficient (Wildman–Crippen LogP) is 3.53. The SMILES string of the molecule is COCOc1c(OC)c(C)cc2c1C1[C@@H]3Cc4c(O)c(C)c5c(c4C(CNC(=O)C(C)NC(=O)OC(C)(C)C)N3[C@@H](C#N)C(C2)N1C)OCO5. The van der Waals surface area contributed by atoms with Crippen molar-refractivity contribution in [2.75, 3.05) is 41.4 Å². The Morgan fingerprint density at radius 1 is 1.12 bits per heavy atom. The van der Waals surface area contributed by atoms with Crippen LogP contribution >= 0.6 is 0 Å². The smallest absolute Gasteiger partial charge is 0.408 e. The normalized spacial score (nSPS) is 24.2. The Hall–Kier alpha value is -4.45. The molecule has 1 fully saturated rings. The highest BCUT2D eigenvalue weighted by Gasteiger charge is 2.57. The minimum atomic E-state index is -0.915. The second-order valence-corrected chi connectivity index (χ2v) is 14.4. The van der Waals surface area contributed by atoms with E-state index in [1.54, 1.807) is 48.8 Å². The summed E-state index contributed by atoms with van der Waals surface area (Å²) < 4.78 is 34.7. The summed E-state index contributed by atoms with van der Waals surface area (Å²) in [6.07, 6.45) is 0.232. The molecule has 1 saturated heterocycles. The van der Waals surface area contributed by atoms with Gasteiger partial charge in [0, 0.05) is 48.0 Å². The molecule has 3 N–H and O–H groups in total. The van der Waals surface area contributed by atoms with E-state index >= 15 is 0 Å². The fourth-order valence-corrected chi connectivity index (χ4v) is 8.18. The average molecular weight is 694 g/mol. The van der Waals surface area contributed by atoms with Gasteiger partial charge in [-0.2, -0.15) is 5.26 Å². The molecule has 2 aromatic carbocycles. The van der Waals surface area contributed by atoms with Crippen LogP contribution in [0, 0.1) is 25.2 Å². The van der Waals surface area contributed by atoms with Gasteiger partial charge >= 0.3 is 6.09 Å². The first kappa shape index (κ1) is 35.4. The number of amides is 2. The van der Waals surface area contributed by atoms with Crippen LogP contribution in [0.15, 0.2) is 6.07 Å². The standard InChI is InChI=1S/C36H47N5O9/c1-17-10-20-11-22-24(13-37)41-23(28(40(22)7)26(20)32(30(17)46-9)47-15-45-8)12-21-27(33-31(48-16-49-33)18(2)29(21)42)25(41)14-38-34(43)19(3)39-35(44)50-36(4,5)6/h10,19,22-25,28,42H,11-12,14-16H2,1-9H3,(H,38,43)(H,39,44)/t19?,22?,23-,24-,25?,28?/m0/s1. The summed E-state index contributed by atoms with van der Waals surface area (Å²) in [5, 5.41) is 28.2. The van der Waals surface area contributed by atoms with Gasteiger partial charge in [-0.3, -0.25) is 14.6 Å². The number of ether oxygens (including phenoxy) is 6. The zero-order valence-corrected chi connectivity index (χ0v) is 30.1. The maximum absolute atomic E-state index is 13.5. The van der Waals surface area contributed by atoms with Crippen LogP contribution in [0.3, 0.4) is 0 Å². The molecule has 6 atom stereocenters. The molecule has 14 heteroatoms. The number of hydrogen-bond donors (Lipinski definition) is 3. The van der Waals surface area contributed by atoms with Gasteiger partial charge in [0.25, 0.3) is 0 Å². The highest BCUT2D eigenvalue weighted by atomic mass is 16.7. The van der Waals surface area contributed by atoms with Gasteiger partial charge in [-0.1, -0.05) is 6.07 Å². The number of nitriles is 1. The zero-order valence-electron chi connectivity index (χ0n) is 30.1. The molecule has 2 aromatic rings. The summed E-state index contributed by atoms with van der Waals surface area (Å²) in [7, 11) is 5.20. The Bertz CT molecular complexity index is 1730. The average Bonchev–Trinajstić information content (AvgIpc) is 3.54. The van der Waals surface area contributed by atoms with E-state index in [2.05, 4.69) is 32.6 Å². The van der Waals surface area contributed by atoms with E-state index in [4.69, 9.17) is 28.4 Å². The number of piperazine rings is 1. The fourth-order valence-electron chi connectivity index (χ4n) is 8.18. The number of phenols is 1. The number of alkyl carbamates (subject to hydrolysis) is 1. The van der Waals surface area contributed by atoms with E-state index in [0.717, 1.165) is 16.7 Å². The summed E-state index contributed by atoms with van der Waals surface area (Å²) in [6, 6.07) is 1.73. The molecule has 0 spiro atoms. The Kier molecular flexibility index (Phi) is 9.45. The molecule has 270 valence electrons. The number of hydrogen-bond acceptors (Lipinski definition) is 12. The maximum Gasteiger partial charge on any atom is 0.408 e. The van der Waals surface area contributed by atoms with E-state index in [-0.39, 0.29) is 44.0 Å². The summed E-state index contributed by atoms with van der Waals surface area (Å²) >= 11 is 0. The Labute approximate surface area is 292 Å². The van der Waals surface area contributed by atoms with Crippen LogP contribution in [-0.2, 0) is 27.1 Å². The van der Waals surface area contributed by atoms with Gasteiger partial charge in [-0.15, -0.1) is 0 Å². The Balaban J connectivity index is 1.46. The van der Waals surface area contributed by atoms with Gasteiger partial charge in [0.2, 0.25) is 12.7 Å². The molecule has 0 aromatic heterocycles. The number of benzene rings is 2. The Morgan fingerprint density at radius 2 is 1.84 bits per heavy atom. The second kappa shape index (κ2) is 13.4. The molecule has 0 saturated carbocycles.